The summed E-state index contributed by atoms with van der Waals surface area (Å²) >= 11 is 0. The van der Waals surface area contributed by atoms with E-state index in [2.05, 4.69) is 15.4 Å². The number of carbonyl (C=O) groups is 1. The summed E-state index contributed by atoms with van der Waals surface area (Å²) in [5.74, 6) is 0.870. The van der Waals surface area contributed by atoms with Crippen LogP contribution in [0.1, 0.15) is 43.1 Å². The molecule has 0 aliphatic heterocycles. The van der Waals surface area contributed by atoms with E-state index in [1.165, 1.54) is 0 Å². The maximum Gasteiger partial charge on any atom is 0.269 e. The Morgan fingerprint density at radius 1 is 1.19 bits per heavy atom. The number of amides is 1. The first kappa shape index (κ1) is 17.5. The van der Waals surface area contributed by atoms with Gasteiger partial charge in [0.05, 0.1) is 6.10 Å². The fourth-order valence-corrected chi connectivity index (χ4v) is 3.74. The summed E-state index contributed by atoms with van der Waals surface area (Å²) < 4.78 is 8.00. The van der Waals surface area contributed by atoms with Crippen molar-refractivity contribution in [3.8, 4) is 5.75 Å². The van der Waals surface area contributed by atoms with Gasteiger partial charge in [-0.2, -0.15) is 5.10 Å². The number of pyridine rings is 1. The minimum absolute atomic E-state index is 0.0414. The summed E-state index contributed by atoms with van der Waals surface area (Å²) in [5, 5.41) is 9.49. The van der Waals surface area contributed by atoms with E-state index < -0.39 is 0 Å². The molecular formula is C21H24N4O2. The minimum atomic E-state index is -0.0414. The van der Waals surface area contributed by atoms with Crippen LogP contribution in [0.2, 0.25) is 0 Å². The Kier molecular flexibility index (Phi) is 5.05. The number of hydrogen-bond acceptors (Lipinski definition) is 4. The highest BCUT2D eigenvalue weighted by Crippen LogP contribution is 2.29. The Labute approximate surface area is 158 Å². The molecule has 0 unspecified atom stereocenters. The van der Waals surface area contributed by atoms with Crippen LogP contribution in [0.3, 0.4) is 0 Å². The second-order valence-electron chi connectivity index (χ2n) is 6.95. The Balaban J connectivity index is 1.34. The van der Waals surface area contributed by atoms with Crippen LogP contribution in [0.5, 0.6) is 5.75 Å². The van der Waals surface area contributed by atoms with Gasteiger partial charge in [0.1, 0.15) is 11.4 Å². The van der Waals surface area contributed by atoms with Crippen LogP contribution in [-0.4, -0.2) is 32.8 Å². The second kappa shape index (κ2) is 7.78. The highest BCUT2D eigenvalue weighted by Gasteiger charge is 2.25. The van der Waals surface area contributed by atoms with Gasteiger partial charge in [-0.25, -0.2) is 0 Å². The van der Waals surface area contributed by atoms with Crippen molar-refractivity contribution in [2.45, 2.75) is 51.3 Å². The van der Waals surface area contributed by atoms with Crippen LogP contribution < -0.4 is 10.1 Å². The molecule has 3 aromatic rings. The monoisotopic (exact) mass is 364 g/mol. The summed E-state index contributed by atoms with van der Waals surface area (Å²) in [6.45, 7) is 2.67. The highest BCUT2D eigenvalue weighted by atomic mass is 16.5. The lowest BCUT2D eigenvalue weighted by Crippen LogP contribution is -2.40. The van der Waals surface area contributed by atoms with E-state index in [0.29, 0.717) is 12.2 Å². The number of aromatic nitrogens is 3. The molecule has 140 valence electrons. The minimum Gasteiger partial charge on any atom is -0.490 e. The number of nitrogens with one attached hydrogen (secondary N) is 1. The van der Waals surface area contributed by atoms with E-state index in [1.807, 2.05) is 37.4 Å². The molecule has 0 bridgehead atoms. The molecule has 0 saturated heterocycles. The van der Waals surface area contributed by atoms with Gasteiger partial charge in [-0.05, 0) is 50.8 Å². The molecule has 6 heteroatoms. The summed E-state index contributed by atoms with van der Waals surface area (Å²) in [6.07, 6.45) is 9.20. The van der Waals surface area contributed by atoms with Crippen molar-refractivity contribution in [3.63, 3.8) is 0 Å². The average molecular weight is 364 g/mol. The molecule has 0 atom stereocenters. The smallest absolute Gasteiger partial charge is 0.269 e. The molecule has 1 aromatic carbocycles. The maximum atomic E-state index is 12.5. The fraction of sp³-hybridized carbons (Fsp3) is 0.381. The largest absolute Gasteiger partial charge is 0.490 e. The summed E-state index contributed by atoms with van der Waals surface area (Å²) in [7, 11) is 0. The van der Waals surface area contributed by atoms with Crippen molar-refractivity contribution in [2.24, 2.45) is 0 Å². The number of ether oxygens (including phenoxy) is 1. The predicted octanol–water partition coefficient (Wildman–Crippen LogP) is 3.57. The predicted molar refractivity (Wildman–Crippen MR) is 104 cm³/mol. The van der Waals surface area contributed by atoms with Crippen molar-refractivity contribution in [1.29, 1.82) is 0 Å². The molecule has 0 spiro atoms. The van der Waals surface area contributed by atoms with Crippen molar-refractivity contribution >= 4 is 16.7 Å². The average Bonchev–Trinajstić information content (AvgIpc) is 3.19. The van der Waals surface area contributed by atoms with E-state index in [0.717, 1.165) is 42.2 Å². The zero-order valence-electron chi connectivity index (χ0n) is 15.5. The Morgan fingerprint density at radius 3 is 2.85 bits per heavy atom. The van der Waals surface area contributed by atoms with Crippen LogP contribution in [0, 0.1) is 0 Å². The van der Waals surface area contributed by atoms with E-state index in [9.17, 15) is 4.79 Å². The van der Waals surface area contributed by atoms with E-state index in [-0.39, 0.29) is 18.1 Å². The van der Waals surface area contributed by atoms with E-state index in [1.54, 1.807) is 23.1 Å². The number of hydrogen-bond donors (Lipinski definition) is 1. The SMILES string of the molecule is CCn1nccc1C(=O)NC1CCC(Oc2cccc3cnccc23)CC1. The molecule has 1 saturated carbocycles. The van der Waals surface area contributed by atoms with E-state index >= 15 is 0 Å². The molecule has 1 fully saturated rings. The molecule has 2 aromatic heterocycles. The van der Waals surface area contributed by atoms with Crippen molar-refractivity contribution in [2.75, 3.05) is 0 Å². The van der Waals surface area contributed by atoms with Crippen molar-refractivity contribution in [1.82, 2.24) is 20.1 Å². The first-order valence-electron chi connectivity index (χ1n) is 9.56. The lowest BCUT2D eigenvalue weighted by Gasteiger charge is -2.29. The third-order valence-corrected chi connectivity index (χ3v) is 5.19. The Bertz CT molecular complexity index is 923. The van der Waals surface area contributed by atoms with Gasteiger partial charge in [0.2, 0.25) is 0 Å². The lowest BCUT2D eigenvalue weighted by atomic mass is 9.92. The van der Waals surface area contributed by atoms with Gasteiger partial charge >= 0.3 is 0 Å². The topological polar surface area (TPSA) is 69.0 Å². The highest BCUT2D eigenvalue weighted by molar-refractivity contribution is 5.92. The second-order valence-corrected chi connectivity index (χ2v) is 6.95. The quantitative estimate of drug-likeness (QED) is 0.751. The molecule has 2 heterocycles. The number of carbonyl (C=O) groups excluding carboxylic acids is 1. The first-order chi connectivity index (χ1) is 13.2. The van der Waals surface area contributed by atoms with Crippen LogP contribution in [0.4, 0.5) is 0 Å². The zero-order valence-corrected chi connectivity index (χ0v) is 15.5. The fourth-order valence-electron chi connectivity index (χ4n) is 3.74. The molecule has 1 aliphatic carbocycles. The molecule has 4 rings (SSSR count). The third-order valence-electron chi connectivity index (χ3n) is 5.19. The summed E-state index contributed by atoms with van der Waals surface area (Å²) in [5.41, 5.74) is 0.625. The summed E-state index contributed by atoms with van der Waals surface area (Å²) in [4.78, 5) is 16.6. The number of aryl methyl sites for hydroxylation is 1. The van der Waals surface area contributed by atoms with Crippen LogP contribution in [0.15, 0.2) is 48.9 Å². The Morgan fingerprint density at radius 2 is 2.04 bits per heavy atom. The third kappa shape index (κ3) is 3.79. The van der Waals surface area contributed by atoms with Gasteiger partial charge in [-0.15, -0.1) is 0 Å². The van der Waals surface area contributed by atoms with Crippen molar-refractivity contribution in [3.05, 3.63) is 54.6 Å². The molecule has 27 heavy (non-hydrogen) atoms. The standard InChI is InChI=1S/C21H24N4O2/c1-2-25-19(11-13-23-25)21(26)24-16-6-8-17(9-7-16)27-20-5-3-4-15-14-22-12-10-18(15)20/h3-5,10-14,16-17H,2,6-9H2,1H3,(H,24,26). The molecule has 1 amide bonds. The normalized spacial score (nSPS) is 19.7. The summed E-state index contributed by atoms with van der Waals surface area (Å²) in [6, 6.07) is 10.0. The molecular weight excluding hydrogens is 340 g/mol. The van der Waals surface area contributed by atoms with Crippen LogP contribution >= 0.6 is 0 Å². The van der Waals surface area contributed by atoms with Crippen molar-refractivity contribution < 1.29 is 9.53 Å². The number of fused-ring (bicyclic) bond motifs is 1. The molecule has 0 radical (unpaired) electrons. The lowest BCUT2D eigenvalue weighted by molar-refractivity contribution is 0.0884. The Hall–Kier alpha value is -2.89. The number of benzene rings is 1. The van der Waals surface area contributed by atoms with Gasteiger partial charge in [-0.1, -0.05) is 12.1 Å². The maximum absolute atomic E-state index is 12.5. The molecule has 6 nitrogen and oxygen atoms in total. The van der Waals surface area contributed by atoms with Gasteiger partial charge in [0.15, 0.2) is 0 Å². The molecule has 1 N–H and O–H groups in total. The van der Waals surface area contributed by atoms with E-state index in [4.69, 9.17) is 4.74 Å². The van der Waals surface area contributed by atoms with Gasteiger partial charge in [0.25, 0.3) is 5.91 Å². The van der Waals surface area contributed by atoms with Gasteiger partial charge in [-0.3, -0.25) is 14.5 Å². The molecule has 1 aliphatic rings. The number of nitrogens with zero attached hydrogens (tertiary/aromatic N) is 3. The van der Waals surface area contributed by atoms with Crippen LogP contribution in [0.25, 0.3) is 10.8 Å². The van der Waals surface area contributed by atoms with Gasteiger partial charge < -0.3 is 10.1 Å². The number of rotatable bonds is 5. The van der Waals surface area contributed by atoms with Gasteiger partial charge in [0, 0.05) is 41.9 Å². The first-order valence-corrected chi connectivity index (χ1v) is 9.56. The van der Waals surface area contributed by atoms with Crippen LogP contribution in [-0.2, 0) is 6.54 Å². The zero-order chi connectivity index (χ0) is 18.6.